The normalized spacial score (nSPS) is 22.0. The number of carbonyl (C=O) groups is 1. The third-order valence-electron chi connectivity index (χ3n) is 4.66. The van der Waals surface area contributed by atoms with Crippen LogP contribution >= 0.6 is 12.4 Å². The molecule has 2 rings (SSSR count). The first-order chi connectivity index (χ1) is 10.7. The van der Waals surface area contributed by atoms with Crippen LogP contribution in [0.3, 0.4) is 0 Å². The summed E-state index contributed by atoms with van der Waals surface area (Å²) in [6.07, 6.45) is 0.504. The fourth-order valence-corrected chi connectivity index (χ4v) is 3.14. The van der Waals surface area contributed by atoms with Crippen LogP contribution in [-0.4, -0.2) is 36.0 Å². The van der Waals surface area contributed by atoms with Gasteiger partial charge in [-0.25, -0.2) is 0 Å². The van der Waals surface area contributed by atoms with Gasteiger partial charge in [-0.05, 0) is 55.8 Å². The Balaban J connectivity index is 0.00000288. The topological polar surface area (TPSA) is 55.6 Å². The van der Waals surface area contributed by atoms with Crippen molar-refractivity contribution in [3.8, 4) is 5.75 Å². The van der Waals surface area contributed by atoms with E-state index in [9.17, 15) is 4.79 Å². The van der Waals surface area contributed by atoms with E-state index in [-0.39, 0.29) is 29.8 Å². The van der Waals surface area contributed by atoms with Crippen molar-refractivity contribution >= 4 is 18.3 Å². The number of carbonyl (C=O) groups excluding carboxylic acids is 1. The molecule has 136 valence electrons. The second-order valence-corrected chi connectivity index (χ2v) is 7.71. The van der Waals surface area contributed by atoms with Gasteiger partial charge in [0.25, 0.3) is 5.91 Å². The fraction of sp³-hybridized carbons (Fsp3) is 0.632. The predicted molar refractivity (Wildman–Crippen MR) is 101 cm³/mol. The minimum Gasteiger partial charge on any atom is -0.481 e. The Hall–Kier alpha value is -1.26. The Morgan fingerprint density at radius 3 is 2.38 bits per heavy atom. The highest BCUT2D eigenvalue weighted by Crippen LogP contribution is 2.26. The molecule has 3 unspecified atom stereocenters. The second kappa shape index (κ2) is 8.21. The number of rotatable bonds is 4. The number of benzene rings is 1. The molecule has 1 saturated heterocycles. The van der Waals surface area contributed by atoms with Gasteiger partial charge in [0, 0.05) is 12.6 Å². The third kappa shape index (κ3) is 4.87. The van der Waals surface area contributed by atoms with Crippen molar-refractivity contribution in [1.29, 1.82) is 0 Å². The average molecular weight is 355 g/mol. The molecule has 0 bridgehead atoms. The SMILES string of the molecule is CC(Oc1ccc(C(C)(C)C)cc1)C(=O)N1CC(CN)CC1C.Cl. The number of likely N-dealkylation sites (tertiary alicyclic amines) is 1. The molecule has 0 spiro atoms. The van der Waals surface area contributed by atoms with Gasteiger partial charge in [-0.1, -0.05) is 32.9 Å². The first-order valence-corrected chi connectivity index (χ1v) is 8.50. The Morgan fingerprint density at radius 2 is 1.92 bits per heavy atom. The summed E-state index contributed by atoms with van der Waals surface area (Å²) in [4.78, 5) is 14.5. The summed E-state index contributed by atoms with van der Waals surface area (Å²) in [7, 11) is 0. The van der Waals surface area contributed by atoms with E-state index in [1.165, 1.54) is 5.56 Å². The van der Waals surface area contributed by atoms with Gasteiger partial charge < -0.3 is 15.4 Å². The van der Waals surface area contributed by atoms with Crippen molar-refractivity contribution in [3.63, 3.8) is 0 Å². The molecule has 24 heavy (non-hydrogen) atoms. The quantitative estimate of drug-likeness (QED) is 0.901. The summed E-state index contributed by atoms with van der Waals surface area (Å²) in [5.74, 6) is 1.20. The Bertz CT molecular complexity index is 539. The highest BCUT2D eigenvalue weighted by atomic mass is 35.5. The van der Waals surface area contributed by atoms with Crippen LogP contribution in [0.2, 0.25) is 0 Å². The molecule has 3 atom stereocenters. The lowest BCUT2D eigenvalue weighted by Crippen LogP contribution is -2.42. The molecule has 1 aliphatic heterocycles. The molecule has 1 aliphatic rings. The number of amides is 1. The summed E-state index contributed by atoms with van der Waals surface area (Å²) in [5, 5.41) is 0. The lowest BCUT2D eigenvalue weighted by Gasteiger charge is -2.26. The maximum absolute atomic E-state index is 12.6. The number of nitrogens with two attached hydrogens (primary N) is 1. The van der Waals surface area contributed by atoms with E-state index in [0.29, 0.717) is 12.5 Å². The number of hydrogen-bond acceptors (Lipinski definition) is 3. The van der Waals surface area contributed by atoms with Gasteiger partial charge in [0.05, 0.1) is 0 Å². The van der Waals surface area contributed by atoms with Crippen molar-refractivity contribution in [3.05, 3.63) is 29.8 Å². The predicted octanol–water partition coefficient (Wildman–Crippen LogP) is 3.37. The van der Waals surface area contributed by atoms with E-state index in [0.717, 1.165) is 18.7 Å². The average Bonchev–Trinajstić information content (AvgIpc) is 2.87. The summed E-state index contributed by atoms with van der Waals surface area (Å²) < 4.78 is 5.85. The van der Waals surface area contributed by atoms with Gasteiger partial charge in [0.15, 0.2) is 6.10 Å². The van der Waals surface area contributed by atoms with Crippen molar-refractivity contribution in [2.75, 3.05) is 13.1 Å². The summed E-state index contributed by atoms with van der Waals surface area (Å²) in [6.45, 7) is 11.8. The van der Waals surface area contributed by atoms with E-state index < -0.39 is 6.10 Å². The Labute approximate surface area is 152 Å². The van der Waals surface area contributed by atoms with Crippen LogP contribution in [0.4, 0.5) is 0 Å². The smallest absolute Gasteiger partial charge is 0.263 e. The van der Waals surface area contributed by atoms with Gasteiger partial charge in [-0.3, -0.25) is 4.79 Å². The second-order valence-electron chi connectivity index (χ2n) is 7.71. The first kappa shape index (κ1) is 20.8. The Morgan fingerprint density at radius 1 is 1.33 bits per heavy atom. The van der Waals surface area contributed by atoms with Gasteiger partial charge in [-0.15, -0.1) is 12.4 Å². The lowest BCUT2D eigenvalue weighted by atomic mass is 9.87. The third-order valence-corrected chi connectivity index (χ3v) is 4.66. The van der Waals surface area contributed by atoms with Gasteiger partial charge in [0.2, 0.25) is 0 Å². The molecule has 0 aromatic heterocycles. The van der Waals surface area contributed by atoms with Gasteiger partial charge >= 0.3 is 0 Å². The van der Waals surface area contributed by atoms with Crippen LogP contribution in [0.25, 0.3) is 0 Å². The molecule has 2 N–H and O–H groups in total. The van der Waals surface area contributed by atoms with Crippen LogP contribution in [0.1, 0.15) is 46.6 Å². The van der Waals surface area contributed by atoms with Crippen LogP contribution in [0.15, 0.2) is 24.3 Å². The number of halogens is 1. The Kier molecular flexibility index (Phi) is 7.11. The highest BCUT2D eigenvalue weighted by molar-refractivity contribution is 5.85. The minimum atomic E-state index is -0.477. The molecular formula is C19H31ClN2O2. The zero-order chi connectivity index (χ0) is 17.2. The van der Waals surface area contributed by atoms with Crippen LogP contribution in [0, 0.1) is 5.92 Å². The molecule has 4 nitrogen and oxygen atoms in total. The van der Waals surface area contributed by atoms with Crippen LogP contribution in [-0.2, 0) is 10.2 Å². The van der Waals surface area contributed by atoms with Crippen LogP contribution in [0.5, 0.6) is 5.75 Å². The summed E-state index contributed by atoms with van der Waals surface area (Å²) in [5.41, 5.74) is 7.10. The van der Waals surface area contributed by atoms with Crippen LogP contribution < -0.4 is 10.5 Å². The molecule has 1 fully saturated rings. The minimum absolute atomic E-state index is 0. The molecule has 1 heterocycles. The summed E-state index contributed by atoms with van der Waals surface area (Å²) >= 11 is 0. The lowest BCUT2D eigenvalue weighted by molar-refractivity contribution is -0.138. The van der Waals surface area contributed by atoms with E-state index in [2.05, 4.69) is 39.8 Å². The fourth-order valence-electron chi connectivity index (χ4n) is 3.14. The molecule has 0 radical (unpaired) electrons. The largest absolute Gasteiger partial charge is 0.481 e. The molecule has 5 heteroatoms. The van der Waals surface area contributed by atoms with Crippen molar-refractivity contribution in [2.24, 2.45) is 11.7 Å². The molecule has 1 aromatic rings. The maximum atomic E-state index is 12.6. The van der Waals surface area contributed by atoms with E-state index >= 15 is 0 Å². The molecule has 0 aliphatic carbocycles. The van der Waals surface area contributed by atoms with Gasteiger partial charge in [-0.2, -0.15) is 0 Å². The molecule has 0 saturated carbocycles. The standard InChI is InChI=1S/C19H30N2O2.ClH/c1-13-10-15(11-20)12-21(13)18(22)14(2)23-17-8-6-16(7-9-17)19(3,4)5;/h6-9,13-15H,10-12,20H2,1-5H3;1H. The highest BCUT2D eigenvalue weighted by Gasteiger charge is 2.34. The van der Waals surface area contributed by atoms with Crippen molar-refractivity contribution < 1.29 is 9.53 Å². The zero-order valence-corrected chi connectivity index (χ0v) is 16.2. The van der Waals surface area contributed by atoms with Gasteiger partial charge in [0.1, 0.15) is 5.75 Å². The number of nitrogens with zero attached hydrogens (tertiary/aromatic N) is 1. The van der Waals surface area contributed by atoms with Crippen molar-refractivity contribution in [1.82, 2.24) is 4.90 Å². The molecule has 1 aromatic carbocycles. The van der Waals surface area contributed by atoms with Crippen molar-refractivity contribution in [2.45, 2.75) is 58.6 Å². The van der Waals surface area contributed by atoms with E-state index in [1.54, 1.807) is 0 Å². The summed E-state index contributed by atoms with van der Waals surface area (Å²) in [6, 6.07) is 8.26. The molecular weight excluding hydrogens is 324 g/mol. The zero-order valence-electron chi connectivity index (χ0n) is 15.4. The first-order valence-electron chi connectivity index (χ1n) is 8.50. The number of ether oxygens (including phenoxy) is 1. The molecule has 1 amide bonds. The number of hydrogen-bond donors (Lipinski definition) is 1. The monoisotopic (exact) mass is 354 g/mol. The van der Waals surface area contributed by atoms with E-state index in [4.69, 9.17) is 10.5 Å². The van der Waals surface area contributed by atoms with E-state index in [1.807, 2.05) is 24.0 Å². The maximum Gasteiger partial charge on any atom is 0.263 e.